The van der Waals surface area contributed by atoms with Gasteiger partial charge in [-0.05, 0) is 41.0 Å². The number of carbonyl (C=O) groups is 2. The van der Waals surface area contributed by atoms with Gasteiger partial charge in [0, 0.05) is 11.1 Å². The van der Waals surface area contributed by atoms with Crippen LogP contribution in [0.2, 0.25) is 0 Å². The highest BCUT2D eigenvalue weighted by Gasteiger charge is 2.19. The molecule has 4 rings (SSSR count). The Hall–Kier alpha value is -4.45. The van der Waals surface area contributed by atoms with Crippen LogP contribution in [0.25, 0.3) is 10.8 Å². The summed E-state index contributed by atoms with van der Waals surface area (Å²) in [7, 11) is 0. The first-order valence-corrected chi connectivity index (χ1v) is 12.0. The highest BCUT2D eigenvalue weighted by Crippen LogP contribution is 2.27. The zero-order valence-electron chi connectivity index (χ0n) is 20.2. The molecule has 182 valence electrons. The van der Waals surface area contributed by atoms with Crippen molar-refractivity contribution in [1.82, 2.24) is 10.7 Å². The van der Waals surface area contributed by atoms with E-state index in [-0.39, 0.29) is 18.2 Å². The van der Waals surface area contributed by atoms with Crippen molar-refractivity contribution in [1.29, 1.82) is 0 Å². The maximum atomic E-state index is 12.8. The van der Waals surface area contributed by atoms with Crippen LogP contribution in [0.5, 0.6) is 5.75 Å². The van der Waals surface area contributed by atoms with Crippen molar-refractivity contribution in [2.75, 3.05) is 6.61 Å². The van der Waals surface area contributed by atoms with Gasteiger partial charge in [0.05, 0.1) is 25.3 Å². The largest absolute Gasteiger partial charge is 0.493 e. The summed E-state index contributed by atoms with van der Waals surface area (Å²) in [4.78, 5) is 25.6. The third-order valence-corrected chi connectivity index (χ3v) is 5.71. The molecule has 0 bridgehead atoms. The minimum absolute atomic E-state index is 0.0364. The molecule has 2 amide bonds. The van der Waals surface area contributed by atoms with Crippen LogP contribution in [0, 0.1) is 0 Å². The minimum atomic E-state index is -0.505. The number of hydrogen-bond donors (Lipinski definition) is 2. The van der Waals surface area contributed by atoms with Crippen molar-refractivity contribution in [3.8, 4) is 5.75 Å². The molecule has 6 nitrogen and oxygen atoms in total. The van der Waals surface area contributed by atoms with Crippen molar-refractivity contribution in [2.45, 2.75) is 25.8 Å². The molecule has 0 aromatic heterocycles. The molecule has 6 heteroatoms. The first-order chi connectivity index (χ1) is 17.7. The molecule has 2 N–H and O–H groups in total. The van der Waals surface area contributed by atoms with E-state index in [9.17, 15) is 9.59 Å². The van der Waals surface area contributed by atoms with Gasteiger partial charge in [-0.2, -0.15) is 5.10 Å². The van der Waals surface area contributed by atoms with Crippen molar-refractivity contribution in [3.63, 3.8) is 0 Å². The quantitative estimate of drug-likeness (QED) is 0.228. The van der Waals surface area contributed by atoms with E-state index in [4.69, 9.17) is 4.74 Å². The van der Waals surface area contributed by atoms with Crippen molar-refractivity contribution in [3.05, 3.63) is 114 Å². The molecule has 0 radical (unpaired) electrons. The highest BCUT2D eigenvalue weighted by molar-refractivity contribution is 6.02. The molecular weight excluding hydrogens is 450 g/mol. The van der Waals surface area contributed by atoms with E-state index in [1.807, 2.05) is 72.8 Å². The van der Waals surface area contributed by atoms with Crippen LogP contribution in [-0.4, -0.2) is 24.6 Å². The van der Waals surface area contributed by atoms with Crippen LogP contribution in [0.3, 0.4) is 0 Å². The fraction of sp³-hybridized carbons (Fsp3) is 0.167. The number of nitrogens with zero attached hydrogens (tertiary/aromatic N) is 1. The van der Waals surface area contributed by atoms with Crippen LogP contribution in [0.4, 0.5) is 0 Å². The van der Waals surface area contributed by atoms with Gasteiger partial charge in [-0.15, -0.1) is 0 Å². The van der Waals surface area contributed by atoms with Gasteiger partial charge in [0.1, 0.15) is 5.75 Å². The maximum Gasteiger partial charge on any atom is 0.251 e. The molecular formula is C30H29N3O3. The molecule has 36 heavy (non-hydrogen) atoms. The Labute approximate surface area is 211 Å². The van der Waals surface area contributed by atoms with E-state index in [1.165, 1.54) is 0 Å². The maximum absolute atomic E-state index is 12.8. The van der Waals surface area contributed by atoms with E-state index in [0.717, 1.165) is 28.3 Å². The van der Waals surface area contributed by atoms with Crippen LogP contribution in [0.1, 0.15) is 47.3 Å². The van der Waals surface area contributed by atoms with E-state index in [1.54, 1.807) is 30.5 Å². The number of hydrogen-bond acceptors (Lipinski definition) is 4. The van der Waals surface area contributed by atoms with Gasteiger partial charge in [-0.3, -0.25) is 9.59 Å². The van der Waals surface area contributed by atoms with Gasteiger partial charge in [-0.1, -0.05) is 85.8 Å². The average Bonchev–Trinajstić information content (AvgIpc) is 2.93. The summed E-state index contributed by atoms with van der Waals surface area (Å²) in [5.74, 6) is 0.157. The van der Waals surface area contributed by atoms with Gasteiger partial charge in [0.25, 0.3) is 5.91 Å². The van der Waals surface area contributed by atoms with Crippen LogP contribution in [0.15, 0.2) is 102 Å². The molecule has 0 fully saturated rings. The van der Waals surface area contributed by atoms with Gasteiger partial charge >= 0.3 is 0 Å². The predicted octanol–water partition coefficient (Wildman–Crippen LogP) is 5.64. The van der Waals surface area contributed by atoms with Crippen molar-refractivity contribution < 1.29 is 14.3 Å². The summed E-state index contributed by atoms with van der Waals surface area (Å²) in [6.07, 6.45) is 2.54. The second-order valence-corrected chi connectivity index (χ2v) is 8.35. The Bertz CT molecular complexity index is 1340. The predicted molar refractivity (Wildman–Crippen MR) is 143 cm³/mol. The molecule has 1 atom stereocenters. The normalized spacial score (nSPS) is 11.8. The lowest BCUT2D eigenvalue weighted by Crippen LogP contribution is -2.32. The zero-order valence-corrected chi connectivity index (χ0v) is 20.2. The van der Waals surface area contributed by atoms with E-state index in [0.29, 0.717) is 17.9 Å². The second kappa shape index (κ2) is 12.3. The smallest absolute Gasteiger partial charge is 0.251 e. The summed E-state index contributed by atoms with van der Waals surface area (Å²) < 4.78 is 5.91. The third kappa shape index (κ3) is 6.36. The fourth-order valence-corrected chi connectivity index (χ4v) is 3.92. The van der Waals surface area contributed by atoms with E-state index >= 15 is 0 Å². The Kier molecular flexibility index (Phi) is 8.44. The van der Waals surface area contributed by atoms with Crippen LogP contribution in [-0.2, 0) is 4.79 Å². The second-order valence-electron chi connectivity index (χ2n) is 8.35. The van der Waals surface area contributed by atoms with Gasteiger partial charge < -0.3 is 10.1 Å². The molecule has 0 aliphatic carbocycles. The summed E-state index contributed by atoms with van der Waals surface area (Å²) in [5, 5.41) is 9.25. The molecule has 4 aromatic rings. The minimum Gasteiger partial charge on any atom is -0.493 e. The summed E-state index contributed by atoms with van der Waals surface area (Å²) in [5.41, 5.74) is 4.79. The topological polar surface area (TPSA) is 79.8 Å². The van der Waals surface area contributed by atoms with E-state index < -0.39 is 6.04 Å². The highest BCUT2D eigenvalue weighted by atomic mass is 16.5. The number of hydrazone groups is 1. The molecule has 0 aliphatic rings. The summed E-state index contributed by atoms with van der Waals surface area (Å²) >= 11 is 0. The summed E-state index contributed by atoms with van der Waals surface area (Å²) in [6.45, 7) is 2.64. The number of nitrogens with one attached hydrogen (secondary N) is 2. The lowest BCUT2D eigenvalue weighted by molar-refractivity contribution is -0.121. The third-order valence-electron chi connectivity index (χ3n) is 5.71. The molecule has 0 saturated carbocycles. The van der Waals surface area contributed by atoms with Crippen molar-refractivity contribution >= 4 is 28.8 Å². The molecule has 0 unspecified atom stereocenters. The fourth-order valence-electron chi connectivity index (χ4n) is 3.92. The van der Waals surface area contributed by atoms with Gasteiger partial charge in [-0.25, -0.2) is 5.43 Å². The van der Waals surface area contributed by atoms with Crippen molar-refractivity contribution in [2.24, 2.45) is 5.10 Å². The first kappa shape index (κ1) is 24.7. The zero-order chi connectivity index (χ0) is 25.2. The SMILES string of the molecule is CCCOc1ccc2ccccc2c1/C=N\NC(=O)C[C@H](NC(=O)c1ccccc1)c1ccccc1. The Morgan fingerprint density at radius 1 is 0.889 bits per heavy atom. The number of benzene rings is 4. The Morgan fingerprint density at radius 3 is 2.33 bits per heavy atom. The number of ether oxygens (including phenoxy) is 1. The summed E-state index contributed by atoms with van der Waals surface area (Å²) in [6, 6.07) is 29.8. The Morgan fingerprint density at radius 2 is 1.58 bits per heavy atom. The molecule has 4 aromatic carbocycles. The van der Waals surface area contributed by atoms with Gasteiger partial charge in [0.2, 0.25) is 5.91 Å². The number of carbonyl (C=O) groups excluding carboxylic acids is 2. The lowest BCUT2D eigenvalue weighted by atomic mass is 10.0. The molecule has 0 heterocycles. The van der Waals surface area contributed by atoms with Crippen LogP contribution < -0.4 is 15.5 Å². The number of fused-ring (bicyclic) bond motifs is 1. The first-order valence-electron chi connectivity index (χ1n) is 12.0. The molecule has 0 aliphatic heterocycles. The Balaban J connectivity index is 1.49. The average molecular weight is 480 g/mol. The van der Waals surface area contributed by atoms with Gasteiger partial charge in [0.15, 0.2) is 0 Å². The molecule has 0 spiro atoms. The number of amides is 2. The standard InChI is InChI=1S/C30H29N3O3/c1-2-19-36-28-18-17-22-11-9-10-16-25(22)26(28)21-31-33-29(34)20-27(23-12-5-3-6-13-23)32-30(35)24-14-7-4-8-15-24/h3-18,21,27H,2,19-20H2,1H3,(H,32,35)(H,33,34)/b31-21-/t27-/m0/s1. The lowest BCUT2D eigenvalue weighted by Gasteiger charge is -2.18. The van der Waals surface area contributed by atoms with Crippen LogP contribution >= 0.6 is 0 Å². The molecule has 0 saturated heterocycles. The van der Waals surface area contributed by atoms with E-state index in [2.05, 4.69) is 22.8 Å². The monoisotopic (exact) mass is 479 g/mol. The number of rotatable bonds is 10.